The van der Waals surface area contributed by atoms with E-state index in [2.05, 4.69) is 60.2 Å². The molecule has 1 aromatic carbocycles. The van der Waals surface area contributed by atoms with Crippen LogP contribution in [0.15, 0.2) is 71.1 Å². The zero-order valence-corrected chi connectivity index (χ0v) is 18.3. The van der Waals surface area contributed by atoms with E-state index in [9.17, 15) is 0 Å². The van der Waals surface area contributed by atoms with Crippen molar-refractivity contribution in [2.45, 2.75) is 19.3 Å². The second kappa shape index (κ2) is 8.22. The molecule has 9 heteroatoms. The lowest BCUT2D eigenvalue weighted by Gasteiger charge is -2.19. The summed E-state index contributed by atoms with van der Waals surface area (Å²) in [5.41, 5.74) is 5.26. The number of anilines is 5. The number of allylic oxidation sites excluding steroid dienone is 4. The summed E-state index contributed by atoms with van der Waals surface area (Å²) in [5, 5.41) is 10.4. The Hall–Kier alpha value is -3.91. The number of hydrogen-bond acceptors (Lipinski definition) is 8. The van der Waals surface area contributed by atoms with Crippen molar-refractivity contribution in [1.29, 1.82) is 0 Å². The van der Waals surface area contributed by atoms with Gasteiger partial charge in [0.25, 0.3) is 0 Å². The molecule has 6 rings (SSSR count). The Morgan fingerprint density at radius 1 is 1.12 bits per heavy atom. The molecule has 0 fully saturated rings. The van der Waals surface area contributed by atoms with E-state index >= 15 is 0 Å². The van der Waals surface area contributed by atoms with Crippen molar-refractivity contribution >= 4 is 52.0 Å². The number of pyridine rings is 1. The van der Waals surface area contributed by atoms with Gasteiger partial charge in [-0.2, -0.15) is 9.97 Å². The van der Waals surface area contributed by atoms with Crippen LogP contribution in [0.25, 0.3) is 11.2 Å². The van der Waals surface area contributed by atoms with Gasteiger partial charge in [-0.25, -0.2) is 9.97 Å². The van der Waals surface area contributed by atoms with Crippen LogP contribution in [0.4, 0.5) is 29.2 Å². The van der Waals surface area contributed by atoms with Crippen molar-refractivity contribution in [2.75, 3.05) is 16.0 Å². The molecule has 2 aliphatic rings. The molecule has 33 heavy (non-hydrogen) atoms. The van der Waals surface area contributed by atoms with Gasteiger partial charge in [-0.15, -0.1) is 0 Å². The summed E-state index contributed by atoms with van der Waals surface area (Å²) in [5.74, 6) is 1.47. The van der Waals surface area contributed by atoms with Crippen molar-refractivity contribution in [3.8, 4) is 0 Å². The monoisotopic (exact) mass is 457 g/mol. The number of aryl methyl sites for hydroxylation is 1. The van der Waals surface area contributed by atoms with Gasteiger partial charge in [0, 0.05) is 23.3 Å². The lowest BCUT2D eigenvalue weighted by atomic mass is 9.91. The third kappa shape index (κ3) is 4.12. The van der Waals surface area contributed by atoms with E-state index in [0.29, 0.717) is 40.0 Å². The highest BCUT2D eigenvalue weighted by Gasteiger charge is 2.17. The van der Waals surface area contributed by atoms with Crippen molar-refractivity contribution < 1.29 is 4.42 Å². The number of hydrogen-bond donors (Lipinski definition) is 3. The molecule has 3 N–H and O–H groups in total. The van der Waals surface area contributed by atoms with Crippen LogP contribution in [-0.2, 0) is 6.42 Å². The van der Waals surface area contributed by atoms with E-state index < -0.39 is 0 Å². The van der Waals surface area contributed by atoms with Gasteiger partial charge < -0.3 is 20.4 Å². The second-order valence-corrected chi connectivity index (χ2v) is 8.47. The number of fused-ring (bicyclic) bond motifs is 7. The topological polar surface area (TPSA) is 101 Å². The maximum atomic E-state index is 6.37. The predicted octanol–water partition coefficient (Wildman–Crippen LogP) is 5.97. The number of oxazole rings is 1. The fourth-order valence-corrected chi connectivity index (χ4v) is 4.25. The van der Waals surface area contributed by atoms with Gasteiger partial charge >= 0.3 is 6.01 Å². The normalized spacial score (nSPS) is 17.1. The van der Waals surface area contributed by atoms with Crippen LogP contribution < -0.4 is 16.0 Å². The molecule has 0 amide bonds. The molecule has 4 heterocycles. The number of rotatable bonds is 2. The first-order chi connectivity index (χ1) is 16.2. The smallest absolute Gasteiger partial charge is 0.301 e. The van der Waals surface area contributed by atoms with E-state index in [1.54, 1.807) is 12.4 Å². The summed E-state index contributed by atoms with van der Waals surface area (Å²) in [6, 6.07) is 10.2. The largest absolute Gasteiger partial charge is 0.404 e. The summed E-state index contributed by atoms with van der Waals surface area (Å²) in [6.45, 7) is 0. The molecule has 164 valence electrons. The van der Waals surface area contributed by atoms with Gasteiger partial charge in [0.05, 0.1) is 6.20 Å². The highest BCUT2D eigenvalue weighted by atomic mass is 35.5. The molecule has 0 spiro atoms. The number of benzene rings is 1. The number of nitrogens with zero attached hydrogens (tertiary/aromatic N) is 4. The first-order valence-corrected chi connectivity index (χ1v) is 11.1. The third-order valence-electron chi connectivity index (χ3n) is 5.74. The highest BCUT2D eigenvalue weighted by Crippen LogP contribution is 2.32. The van der Waals surface area contributed by atoms with Crippen molar-refractivity contribution in [2.24, 2.45) is 5.92 Å². The summed E-state index contributed by atoms with van der Waals surface area (Å²) in [6.07, 6.45) is 12.5. The molecule has 0 saturated carbocycles. The molecular formula is C24H20ClN7O. The summed E-state index contributed by atoms with van der Waals surface area (Å²) in [7, 11) is 0. The Bertz CT molecular complexity index is 1380. The standard InChI is InChI=1S/C24H20ClN7O/c25-18-13-27-23-29-16-4-1-3-14(11-16)6-7-15-12-17(28-21(18)32-23)8-9-19(15)30-24-31-20-5-2-10-26-22(20)33-24/h1-5,8-10,12-14H,6-7,11H2,(H,30,31)(H2,27,28,29,32). The van der Waals surface area contributed by atoms with Crippen molar-refractivity contribution in [1.82, 2.24) is 19.9 Å². The zero-order valence-electron chi connectivity index (χ0n) is 17.5. The van der Waals surface area contributed by atoms with Gasteiger partial charge in [-0.05, 0) is 67.2 Å². The number of aromatic nitrogens is 4. The van der Waals surface area contributed by atoms with E-state index in [-0.39, 0.29) is 0 Å². The number of halogens is 1. The molecule has 3 aromatic heterocycles. The molecule has 8 nitrogen and oxygen atoms in total. The Labute approximate surface area is 194 Å². The van der Waals surface area contributed by atoms with Crippen LogP contribution in [0.5, 0.6) is 0 Å². The minimum Gasteiger partial charge on any atom is -0.404 e. The maximum Gasteiger partial charge on any atom is 0.301 e. The Morgan fingerprint density at radius 3 is 3.03 bits per heavy atom. The first kappa shape index (κ1) is 19.8. The van der Waals surface area contributed by atoms with Crippen LogP contribution in [-0.4, -0.2) is 19.9 Å². The molecule has 0 radical (unpaired) electrons. The lowest BCUT2D eigenvalue weighted by molar-refractivity contribution is 0.580. The predicted molar refractivity (Wildman–Crippen MR) is 129 cm³/mol. The van der Waals surface area contributed by atoms with Crippen LogP contribution >= 0.6 is 11.6 Å². The molecule has 0 saturated heterocycles. The molecule has 1 atom stereocenters. The van der Waals surface area contributed by atoms with Gasteiger partial charge in [-0.3, -0.25) is 0 Å². The van der Waals surface area contributed by atoms with Crippen molar-refractivity contribution in [3.05, 3.63) is 77.2 Å². The Kier molecular flexibility index (Phi) is 4.92. The highest BCUT2D eigenvalue weighted by molar-refractivity contribution is 6.32. The fraction of sp³-hybridized carbons (Fsp3) is 0.167. The minimum atomic E-state index is 0.406. The molecule has 1 unspecified atom stereocenters. The van der Waals surface area contributed by atoms with E-state index in [0.717, 1.165) is 41.9 Å². The average molecular weight is 458 g/mol. The minimum absolute atomic E-state index is 0.406. The fourth-order valence-electron chi connectivity index (χ4n) is 4.11. The molecule has 6 bridgehead atoms. The van der Waals surface area contributed by atoms with Gasteiger partial charge in [-0.1, -0.05) is 23.8 Å². The van der Waals surface area contributed by atoms with Crippen LogP contribution in [0.2, 0.25) is 5.02 Å². The number of nitrogens with one attached hydrogen (secondary N) is 3. The van der Waals surface area contributed by atoms with Crippen LogP contribution in [0, 0.1) is 5.92 Å². The van der Waals surface area contributed by atoms with Gasteiger partial charge in [0.15, 0.2) is 5.82 Å². The van der Waals surface area contributed by atoms with E-state index in [1.807, 2.05) is 24.3 Å². The molecule has 1 aliphatic heterocycles. The van der Waals surface area contributed by atoms with Crippen LogP contribution in [0.3, 0.4) is 0 Å². The van der Waals surface area contributed by atoms with Gasteiger partial charge in [0.1, 0.15) is 10.5 Å². The zero-order chi connectivity index (χ0) is 22.2. The Balaban J connectivity index is 1.37. The molecule has 4 aromatic rings. The summed E-state index contributed by atoms with van der Waals surface area (Å²) < 4.78 is 5.77. The van der Waals surface area contributed by atoms with E-state index in [1.165, 1.54) is 0 Å². The van der Waals surface area contributed by atoms with E-state index in [4.69, 9.17) is 16.0 Å². The molecular weight excluding hydrogens is 438 g/mol. The summed E-state index contributed by atoms with van der Waals surface area (Å²) >= 11 is 6.37. The maximum absolute atomic E-state index is 6.37. The SMILES string of the molecule is Clc1cnc2nc1Nc1ccc(Nc3nc4cccnc4o3)c(c1)CCC1C=CC=C(C1)N2. The second-order valence-electron chi connectivity index (χ2n) is 8.06. The van der Waals surface area contributed by atoms with Crippen molar-refractivity contribution in [3.63, 3.8) is 0 Å². The van der Waals surface area contributed by atoms with Gasteiger partial charge in [0.2, 0.25) is 11.7 Å². The lowest BCUT2D eigenvalue weighted by Crippen LogP contribution is -2.11. The summed E-state index contributed by atoms with van der Waals surface area (Å²) in [4.78, 5) is 17.6. The quantitative estimate of drug-likeness (QED) is 0.338. The van der Waals surface area contributed by atoms with Crippen LogP contribution in [0.1, 0.15) is 18.4 Å². The first-order valence-electron chi connectivity index (χ1n) is 10.7. The third-order valence-corrected chi connectivity index (χ3v) is 6.02. The Morgan fingerprint density at radius 2 is 2.09 bits per heavy atom. The average Bonchev–Trinajstić information content (AvgIpc) is 3.23. The molecule has 1 aliphatic carbocycles.